The zero-order valence-electron chi connectivity index (χ0n) is 9.60. The second-order valence-corrected chi connectivity index (χ2v) is 5.43. The lowest BCUT2D eigenvalue weighted by Gasteiger charge is -2.10. The average molecular weight is 284 g/mol. The van der Waals surface area contributed by atoms with E-state index in [0.717, 1.165) is 18.2 Å². The second-order valence-electron chi connectivity index (χ2n) is 3.78. The summed E-state index contributed by atoms with van der Waals surface area (Å²) in [6, 6.07) is 8.33. The van der Waals surface area contributed by atoms with Crippen LogP contribution in [-0.2, 0) is 10.0 Å². The van der Waals surface area contributed by atoms with Crippen LogP contribution in [0.2, 0.25) is 0 Å². The van der Waals surface area contributed by atoms with Crippen molar-refractivity contribution in [2.45, 2.75) is 4.90 Å². The maximum atomic E-state index is 13.5. The molecule has 0 bridgehead atoms. The summed E-state index contributed by atoms with van der Waals surface area (Å²) in [4.78, 5) is -0.629. The topological polar surface area (TPSA) is 72.2 Å². The van der Waals surface area contributed by atoms with Gasteiger partial charge in [0.05, 0.1) is 5.69 Å². The molecule has 2 rings (SSSR count). The molecular formula is C12H10F2N2O2S. The minimum absolute atomic E-state index is 0.0929. The van der Waals surface area contributed by atoms with Crippen molar-refractivity contribution >= 4 is 21.4 Å². The van der Waals surface area contributed by atoms with Crippen molar-refractivity contribution in [1.29, 1.82) is 0 Å². The number of hydrogen-bond acceptors (Lipinski definition) is 3. The molecule has 0 aromatic heterocycles. The van der Waals surface area contributed by atoms with Gasteiger partial charge >= 0.3 is 0 Å². The number of sulfonamides is 1. The molecule has 0 aliphatic heterocycles. The summed E-state index contributed by atoms with van der Waals surface area (Å²) in [6.45, 7) is 0. The Morgan fingerprint density at radius 2 is 1.68 bits per heavy atom. The molecule has 0 radical (unpaired) electrons. The molecule has 0 fully saturated rings. The fourth-order valence-electron chi connectivity index (χ4n) is 1.47. The molecule has 4 nitrogen and oxygen atoms in total. The smallest absolute Gasteiger partial charge is 0.264 e. The van der Waals surface area contributed by atoms with Crippen molar-refractivity contribution in [3.63, 3.8) is 0 Å². The van der Waals surface area contributed by atoms with Gasteiger partial charge in [0.1, 0.15) is 16.5 Å². The number of hydrogen-bond donors (Lipinski definition) is 2. The van der Waals surface area contributed by atoms with Gasteiger partial charge in [0.15, 0.2) is 0 Å². The molecule has 2 aromatic carbocycles. The molecule has 19 heavy (non-hydrogen) atoms. The number of nitrogens with two attached hydrogens (primary N) is 1. The van der Waals surface area contributed by atoms with E-state index >= 15 is 0 Å². The van der Waals surface area contributed by atoms with Crippen molar-refractivity contribution < 1.29 is 17.2 Å². The van der Waals surface area contributed by atoms with Crippen LogP contribution in [0.15, 0.2) is 47.4 Å². The Balaban J connectivity index is 2.44. The summed E-state index contributed by atoms with van der Waals surface area (Å²) in [5.74, 6) is -1.71. The van der Waals surface area contributed by atoms with Crippen LogP contribution in [0.25, 0.3) is 0 Å². The van der Waals surface area contributed by atoms with Crippen LogP contribution in [-0.4, -0.2) is 8.42 Å². The van der Waals surface area contributed by atoms with Crippen molar-refractivity contribution in [1.82, 2.24) is 0 Å². The number of para-hydroxylation sites is 1. The van der Waals surface area contributed by atoms with Crippen molar-refractivity contribution in [3.05, 3.63) is 54.1 Å². The van der Waals surface area contributed by atoms with Gasteiger partial charge in [-0.2, -0.15) is 0 Å². The van der Waals surface area contributed by atoms with E-state index in [-0.39, 0.29) is 11.4 Å². The zero-order chi connectivity index (χ0) is 14.0. The monoisotopic (exact) mass is 284 g/mol. The van der Waals surface area contributed by atoms with Gasteiger partial charge in [0.25, 0.3) is 10.0 Å². The molecule has 0 saturated heterocycles. The van der Waals surface area contributed by atoms with Crippen molar-refractivity contribution in [2.24, 2.45) is 0 Å². The normalized spacial score (nSPS) is 11.3. The van der Waals surface area contributed by atoms with Crippen LogP contribution in [0.1, 0.15) is 0 Å². The van der Waals surface area contributed by atoms with E-state index < -0.39 is 26.6 Å². The van der Waals surface area contributed by atoms with Crippen molar-refractivity contribution in [2.75, 3.05) is 10.5 Å². The van der Waals surface area contributed by atoms with Gasteiger partial charge in [0, 0.05) is 5.69 Å². The Morgan fingerprint density at radius 1 is 1.00 bits per heavy atom. The minimum Gasteiger partial charge on any atom is -0.399 e. The van der Waals surface area contributed by atoms with Crippen LogP contribution < -0.4 is 10.5 Å². The van der Waals surface area contributed by atoms with Crippen LogP contribution in [0, 0.1) is 11.6 Å². The molecule has 0 aliphatic carbocycles. The number of nitrogens with one attached hydrogen (secondary N) is 1. The maximum absolute atomic E-state index is 13.5. The van der Waals surface area contributed by atoms with Crippen molar-refractivity contribution in [3.8, 4) is 0 Å². The lowest BCUT2D eigenvalue weighted by atomic mass is 10.3. The first-order valence-corrected chi connectivity index (χ1v) is 6.71. The lowest BCUT2D eigenvalue weighted by molar-refractivity contribution is 0.569. The molecular weight excluding hydrogens is 274 g/mol. The Labute approximate surface area is 108 Å². The number of anilines is 2. The Kier molecular flexibility index (Phi) is 3.39. The summed E-state index contributed by atoms with van der Waals surface area (Å²) in [5, 5.41) is 0. The van der Waals surface area contributed by atoms with E-state index in [2.05, 4.69) is 0 Å². The molecule has 7 heteroatoms. The Bertz CT molecular complexity index is 717. The van der Waals surface area contributed by atoms with Crippen LogP contribution in [0.5, 0.6) is 0 Å². The largest absolute Gasteiger partial charge is 0.399 e. The molecule has 0 spiro atoms. The molecule has 0 heterocycles. The second kappa shape index (κ2) is 4.85. The average Bonchev–Trinajstić information content (AvgIpc) is 2.35. The number of rotatable bonds is 3. The number of nitrogen functional groups attached to an aromatic ring is 1. The third-order valence-electron chi connectivity index (χ3n) is 2.36. The van der Waals surface area contributed by atoms with Gasteiger partial charge < -0.3 is 5.73 Å². The Hall–Kier alpha value is -2.15. The fourth-order valence-corrected chi connectivity index (χ4v) is 2.65. The van der Waals surface area contributed by atoms with Crippen LogP contribution >= 0.6 is 0 Å². The zero-order valence-corrected chi connectivity index (χ0v) is 10.4. The summed E-state index contributed by atoms with van der Waals surface area (Å²) >= 11 is 0. The molecule has 0 unspecified atom stereocenters. The number of benzene rings is 2. The van der Waals surface area contributed by atoms with E-state index in [1.807, 2.05) is 4.72 Å². The van der Waals surface area contributed by atoms with E-state index in [9.17, 15) is 17.2 Å². The van der Waals surface area contributed by atoms with E-state index in [1.54, 1.807) is 0 Å². The maximum Gasteiger partial charge on any atom is 0.264 e. The predicted molar refractivity (Wildman–Crippen MR) is 68.0 cm³/mol. The third-order valence-corrected chi connectivity index (χ3v) is 3.74. The van der Waals surface area contributed by atoms with E-state index in [1.165, 1.54) is 24.3 Å². The standard InChI is InChI=1S/C12H10F2N2O2S/c13-9-3-1-2-4-11(9)16-19(17,18)12-7-8(15)5-6-10(12)14/h1-7,16H,15H2. The highest BCUT2D eigenvalue weighted by Crippen LogP contribution is 2.22. The Morgan fingerprint density at radius 3 is 2.37 bits per heavy atom. The third kappa shape index (κ3) is 2.82. The molecule has 100 valence electrons. The van der Waals surface area contributed by atoms with Gasteiger partial charge in [-0.1, -0.05) is 12.1 Å². The first-order chi connectivity index (χ1) is 8.90. The molecule has 0 aliphatic rings. The SMILES string of the molecule is Nc1ccc(F)c(S(=O)(=O)Nc2ccccc2F)c1. The van der Waals surface area contributed by atoms with Gasteiger partial charge in [-0.15, -0.1) is 0 Å². The highest BCUT2D eigenvalue weighted by Gasteiger charge is 2.20. The number of halogens is 2. The van der Waals surface area contributed by atoms with E-state index in [0.29, 0.717) is 0 Å². The fraction of sp³-hybridized carbons (Fsp3) is 0. The lowest BCUT2D eigenvalue weighted by Crippen LogP contribution is -2.15. The summed E-state index contributed by atoms with van der Waals surface area (Å²) in [7, 11) is -4.23. The minimum atomic E-state index is -4.23. The van der Waals surface area contributed by atoms with Gasteiger partial charge in [0.2, 0.25) is 0 Å². The highest BCUT2D eigenvalue weighted by atomic mass is 32.2. The van der Waals surface area contributed by atoms with E-state index in [4.69, 9.17) is 5.73 Å². The summed E-state index contributed by atoms with van der Waals surface area (Å²) in [6.07, 6.45) is 0. The molecule has 2 aromatic rings. The molecule has 3 N–H and O–H groups in total. The molecule has 0 saturated carbocycles. The van der Waals surface area contributed by atoms with Gasteiger partial charge in [-0.3, -0.25) is 4.72 Å². The van der Waals surface area contributed by atoms with Crippen LogP contribution in [0.3, 0.4) is 0 Å². The summed E-state index contributed by atoms with van der Waals surface area (Å²) < 4.78 is 52.7. The summed E-state index contributed by atoms with van der Waals surface area (Å²) in [5.41, 5.74) is 5.25. The molecule has 0 atom stereocenters. The first kappa shape index (κ1) is 13.3. The van der Waals surface area contributed by atoms with Gasteiger partial charge in [-0.25, -0.2) is 17.2 Å². The van der Waals surface area contributed by atoms with Gasteiger partial charge in [-0.05, 0) is 30.3 Å². The predicted octanol–water partition coefficient (Wildman–Crippen LogP) is 2.35. The highest BCUT2D eigenvalue weighted by molar-refractivity contribution is 7.92. The molecule has 0 amide bonds. The van der Waals surface area contributed by atoms with Crippen LogP contribution in [0.4, 0.5) is 20.2 Å². The quantitative estimate of drug-likeness (QED) is 0.850. The first-order valence-electron chi connectivity index (χ1n) is 5.22.